The summed E-state index contributed by atoms with van der Waals surface area (Å²) in [5, 5.41) is 0.531. The zero-order valence-corrected chi connectivity index (χ0v) is 37.7. The zero-order valence-electron chi connectivity index (χ0n) is 34.5. The summed E-state index contributed by atoms with van der Waals surface area (Å²) in [5.41, 5.74) is -4.78. The molecular weight excluding hydrogens is 919 g/mol. The molecule has 22 heteroatoms. The van der Waals surface area contributed by atoms with Gasteiger partial charge in [-0.1, -0.05) is 23.2 Å². The molecule has 0 aliphatic rings. The Balaban J connectivity index is 0.000000389. The Hall–Kier alpha value is -4.37. The first-order chi connectivity index (χ1) is 28.3. The van der Waals surface area contributed by atoms with Gasteiger partial charge in [0, 0.05) is 24.9 Å². The summed E-state index contributed by atoms with van der Waals surface area (Å²) in [5.74, 6) is -3.35. The molecule has 0 aliphatic carbocycles. The topological polar surface area (TPSA) is 137 Å². The summed E-state index contributed by atoms with van der Waals surface area (Å²) in [6.45, 7) is 11.2. The van der Waals surface area contributed by atoms with Gasteiger partial charge in [0.25, 0.3) is 0 Å². The van der Waals surface area contributed by atoms with E-state index in [4.69, 9.17) is 27.9 Å². The van der Waals surface area contributed by atoms with Gasteiger partial charge in [0.1, 0.15) is 33.9 Å². The SMILES string of the molecule is CC(C)(C)[S@@](=O)N=C(c1cc(F)cc(C(F)(F)F)c1)c1ccc(Cl)cn1.COC(=O)C[C@](N[S@](=O)C(C)(C)C)(c1cc(F)cc(C(F)(F)F)c1)c1ccc(Cl)cn1.COC(C)=O. The van der Waals surface area contributed by atoms with E-state index >= 15 is 0 Å². The van der Waals surface area contributed by atoms with Crippen molar-refractivity contribution in [3.05, 3.63) is 128 Å². The molecule has 1 N–H and O–H groups in total. The molecule has 0 spiro atoms. The van der Waals surface area contributed by atoms with Crippen LogP contribution in [0.1, 0.15) is 88.5 Å². The van der Waals surface area contributed by atoms with Gasteiger partial charge in [-0.25, -0.2) is 21.9 Å². The van der Waals surface area contributed by atoms with E-state index in [1.165, 1.54) is 50.7 Å². The van der Waals surface area contributed by atoms with Crippen molar-refractivity contribution in [2.75, 3.05) is 14.2 Å². The second-order valence-electron chi connectivity index (χ2n) is 14.8. The molecule has 3 atom stereocenters. The van der Waals surface area contributed by atoms with E-state index in [-0.39, 0.29) is 39.2 Å². The maximum atomic E-state index is 14.3. The van der Waals surface area contributed by atoms with Crippen LogP contribution in [0.4, 0.5) is 35.1 Å². The van der Waals surface area contributed by atoms with E-state index < -0.39 is 84.5 Å². The van der Waals surface area contributed by atoms with Crippen molar-refractivity contribution < 1.29 is 62.6 Å². The van der Waals surface area contributed by atoms with Crippen molar-refractivity contribution in [2.24, 2.45) is 4.40 Å². The van der Waals surface area contributed by atoms with Gasteiger partial charge in [0.2, 0.25) is 0 Å². The molecule has 4 aromatic rings. The Bertz CT molecular complexity index is 2270. The summed E-state index contributed by atoms with van der Waals surface area (Å²) < 4.78 is 147. The predicted octanol–water partition coefficient (Wildman–Crippen LogP) is 10.1. The Morgan fingerprint density at radius 1 is 0.710 bits per heavy atom. The van der Waals surface area contributed by atoms with Crippen LogP contribution >= 0.6 is 23.2 Å². The summed E-state index contributed by atoms with van der Waals surface area (Å²) in [6.07, 6.45) is -7.71. The number of rotatable bonds is 9. The first-order valence-corrected chi connectivity index (χ1v) is 20.7. The van der Waals surface area contributed by atoms with Gasteiger partial charge in [-0.2, -0.15) is 30.7 Å². The van der Waals surface area contributed by atoms with Crippen LogP contribution in [0.3, 0.4) is 0 Å². The zero-order chi connectivity index (χ0) is 47.6. The Labute approximate surface area is 368 Å². The molecule has 0 bridgehead atoms. The second-order valence-corrected chi connectivity index (χ2v) is 19.6. The normalized spacial score (nSPS) is 14.2. The minimum atomic E-state index is -4.86. The smallest absolute Gasteiger partial charge is 0.416 e. The number of nitrogens with one attached hydrogen (secondary N) is 1. The van der Waals surface area contributed by atoms with Crippen molar-refractivity contribution in [2.45, 2.75) is 82.3 Å². The van der Waals surface area contributed by atoms with E-state index in [2.05, 4.69) is 23.8 Å². The van der Waals surface area contributed by atoms with Gasteiger partial charge in [-0.3, -0.25) is 19.6 Å². The highest BCUT2D eigenvalue weighted by Gasteiger charge is 2.44. The van der Waals surface area contributed by atoms with Crippen molar-refractivity contribution in [3.63, 3.8) is 0 Å². The van der Waals surface area contributed by atoms with Crippen LogP contribution < -0.4 is 4.72 Å². The van der Waals surface area contributed by atoms with Gasteiger partial charge >= 0.3 is 24.3 Å². The summed E-state index contributed by atoms with van der Waals surface area (Å²) in [6, 6.07) is 9.53. The number of aromatic nitrogens is 2. The number of methoxy groups -OCH3 is 2. The van der Waals surface area contributed by atoms with Gasteiger partial charge < -0.3 is 9.47 Å². The first-order valence-electron chi connectivity index (χ1n) is 17.7. The molecule has 0 aliphatic heterocycles. The fourth-order valence-electron chi connectivity index (χ4n) is 4.59. The monoisotopic (exact) mass is 960 g/mol. The lowest BCUT2D eigenvalue weighted by molar-refractivity contribution is -0.142. The number of hydrogen-bond donors (Lipinski definition) is 1. The molecule has 340 valence electrons. The van der Waals surface area contributed by atoms with Gasteiger partial charge in [0.05, 0.1) is 73.7 Å². The molecule has 62 heavy (non-hydrogen) atoms. The van der Waals surface area contributed by atoms with Crippen molar-refractivity contribution in [3.8, 4) is 0 Å². The fourth-order valence-corrected chi connectivity index (χ4v) is 6.37. The van der Waals surface area contributed by atoms with E-state index in [0.29, 0.717) is 23.2 Å². The average molecular weight is 962 g/mol. The van der Waals surface area contributed by atoms with Crippen molar-refractivity contribution in [1.82, 2.24) is 14.7 Å². The van der Waals surface area contributed by atoms with E-state index in [1.54, 1.807) is 41.5 Å². The highest BCUT2D eigenvalue weighted by molar-refractivity contribution is 7.85. The van der Waals surface area contributed by atoms with Crippen LogP contribution in [0.25, 0.3) is 0 Å². The van der Waals surface area contributed by atoms with Crippen LogP contribution in [0.15, 0.2) is 77.5 Å². The molecule has 4 rings (SSSR count). The number of esters is 2. The summed E-state index contributed by atoms with van der Waals surface area (Å²) in [7, 11) is -1.25. The number of hydrogen-bond acceptors (Lipinski definition) is 8. The fraction of sp³-hybridized carbons (Fsp3) is 0.375. The highest BCUT2D eigenvalue weighted by atomic mass is 35.5. The molecular formula is C40H42Cl2F8N4O6S2. The Kier molecular flexibility index (Phi) is 18.9. The van der Waals surface area contributed by atoms with Crippen LogP contribution in [0, 0.1) is 11.6 Å². The van der Waals surface area contributed by atoms with E-state index in [1.807, 2.05) is 0 Å². The second kappa shape index (κ2) is 21.8. The number of nitrogens with zero attached hydrogens (tertiary/aromatic N) is 3. The number of carbonyl (C=O) groups is 2. The number of halogens is 10. The highest BCUT2D eigenvalue weighted by Crippen LogP contribution is 2.39. The molecule has 0 amide bonds. The minimum Gasteiger partial charge on any atom is -0.469 e. The number of alkyl halides is 6. The van der Waals surface area contributed by atoms with Crippen LogP contribution in [0.5, 0.6) is 0 Å². The molecule has 10 nitrogen and oxygen atoms in total. The lowest BCUT2D eigenvalue weighted by Crippen LogP contribution is -2.50. The maximum Gasteiger partial charge on any atom is 0.416 e. The molecule has 2 aromatic heterocycles. The van der Waals surface area contributed by atoms with Crippen LogP contribution in [-0.2, 0) is 58.9 Å². The molecule has 2 heterocycles. The minimum absolute atomic E-state index is 0.0126. The van der Waals surface area contributed by atoms with Crippen LogP contribution in [0.2, 0.25) is 10.0 Å². The van der Waals surface area contributed by atoms with E-state index in [9.17, 15) is 53.1 Å². The van der Waals surface area contributed by atoms with Gasteiger partial charge in [-0.05, 0) is 108 Å². The quantitative estimate of drug-likeness (QED) is 0.0995. The maximum absolute atomic E-state index is 14.3. The van der Waals surface area contributed by atoms with Gasteiger partial charge in [-0.15, -0.1) is 0 Å². The number of ether oxygens (including phenoxy) is 2. The Morgan fingerprint density at radius 2 is 1.19 bits per heavy atom. The third-order valence-corrected chi connectivity index (χ3v) is 11.3. The lowest BCUT2D eigenvalue weighted by atomic mass is 9.83. The molecule has 2 aromatic carbocycles. The summed E-state index contributed by atoms with van der Waals surface area (Å²) in [4.78, 5) is 30.0. The standard InChI is InChI=1S/C20H21ClF4N2O3S.C17H15ClF4N2OS.C3H6O2/c1-18(2,3)31(29)27-19(10-17(28)30-4,16-6-5-14(21)11-26-16)12-7-13(20(23,24)25)9-15(22)8-12;1-16(2,3)26(25)24-15(14-5-4-12(18)9-23-14)10-6-11(17(20,21)22)8-13(19)7-10;1-3(4)5-2/h5-9,11,27H,10H2,1-4H3;4-9H,1-3H3;1-2H3/t19-,31+;26-;/m01./s1. The molecule has 0 radical (unpaired) electrons. The van der Waals surface area contributed by atoms with E-state index in [0.717, 1.165) is 25.3 Å². The molecule has 0 saturated heterocycles. The Morgan fingerprint density at radius 3 is 1.61 bits per heavy atom. The molecule has 0 fully saturated rings. The number of carbonyl (C=O) groups excluding carboxylic acids is 2. The largest absolute Gasteiger partial charge is 0.469 e. The predicted molar refractivity (Wildman–Crippen MR) is 221 cm³/mol. The molecule has 0 unspecified atom stereocenters. The third-order valence-electron chi connectivity index (χ3n) is 7.80. The lowest BCUT2D eigenvalue weighted by Gasteiger charge is -2.36. The van der Waals surface area contributed by atoms with Crippen LogP contribution in [-0.4, -0.2) is 59.7 Å². The first kappa shape index (κ1) is 53.8. The average Bonchev–Trinajstić information content (AvgIpc) is 3.15. The van der Waals surface area contributed by atoms with Gasteiger partial charge in [0.15, 0.2) is 0 Å². The molecule has 0 saturated carbocycles. The van der Waals surface area contributed by atoms with Crippen molar-refractivity contribution in [1.29, 1.82) is 0 Å². The number of benzene rings is 2. The third kappa shape index (κ3) is 16.1. The number of pyridine rings is 2. The summed E-state index contributed by atoms with van der Waals surface area (Å²) >= 11 is 11.7. The van der Waals surface area contributed by atoms with Crippen molar-refractivity contribution >= 4 is 62.8 Å².